The monoisotopic (exact) mass is 1050 g/mol. The minimum absolute atomic E-state index is 0.0165. The molecule has 2 aromatic carbocycles. The molecule has 5 heterocycles. The van der Waals surface area contributed by atoms with Crippen molar-refractivity contribution in [1.82, 2.24) is 0 Å². The first kappa shape index (κ1) is 56.9. The summed E-state index contributed by atoms with van der Waals surface area (Å²) in [6.07, 6.45) is -24.2. The Morgan fingerprint density at radius 2 is 1.18 bits per heavy atom. The second-order valence-electron chi connectivity index (χ2n) is 21.2. The lowest BCUT2D eigenvalue weighted by molar-refractivity contribution is -0.334. The van der Waals surface area contributed by atoms with E-state index in [1.54, 1.807) is 40.7 Å². The molecular formula is C51H74O23. The summed E-state index contributed by atoms with van der Waals surface area (Å²) < 4.78 is 66.6. The van der Waals surface area contributed by atoms with Gasteiger partial charge in [-0.25, -0.2) is 0 Å². The number of ketones is 2. The lowest BCUT2D eigenvalue weighted by Gasteiger charge is -2.46. The molecule has 8 rings (SSSR count). The van der Waals surface area contributed by atoms with Crippen molar-refractivity contribution in [2.75, 3.05) is 7.11 Å². The van der Waals surface area contributed by atoms with Crippen molar-refractivity contribution in [2.24, 2.45) is 5.92 Å². The van der Waals surface area contributed by atoms with Crippen molar-refractivity contribution in [1.29, 1.82) is 0 Å². The Balaban J connectivity index is 1.03. The van der Waals surface area contributed by atoms with Gasteiger partial charge in [0, 0.05) is 50.7 Å². The van der Waals surface area contributed by atoms with Gasteiger partial charge >= 0.3 is 0 Å². The highest BCUT2D eigenvalue weighted by Crippen LogP contribution is 2.48. The molecule has 23 nitrogen and oxygen atoms in total. The third kappa shape index (κ3) is 11.5. The Bertz CT molecular complexity index is 2300. The van der Waals surface area contributed by atoms with Crippen molar-refractivity contribution < 1.29 is 113 Å². The molecule has 24 atom stereocenters. The number of aliphatic hydroxyl groups excluding tert-OH is 7. The van der Waals surface area contributed by atoms with Crippen LogP contribution in [0.2, 0.25) is 0 Å². The van der Waals surface area contributed by atoms with Crippen LogP contribution in [0.4, 0.5) is 0 Å². The Labute approximate surface area is 428 Å². The first-order valence-electron chi connectivity index (χ1n) is 25.4. The molecule has 0 spiro atoms. The first-order valence-corrected chi connectivity index (χ1v) is 25.4. The third-order valence-electron chi connectivity index (χ3n) is 15.6. The van der Waals surface area contributed by atoms with E-state index in [4.69, 9.17) is 52.1 Å². The highest BCUT2D eigenvalue weighted by atomic mass is 16.7. The number of carbonyl (C=O) groups excluding carboxylic acids is 2. The number of methoxy groups -OCH3 is 1. The molecule has 0 radical (unpaired) electrons. The van der Waals surface area contributed by atoms with E-state index in [0.29, 0.717) is 0 Å². The topological polar surface area (TPSA) is 338 Å². The van der Waals surface area contributed by atoms with E-state index in [-0.39, 0.29) is 71.7 Å². The number of carbonyl (C=O) groups is 2. The first-order chi connectivity index (χ1) is 34.8. The van der Waals surface area contributed by atoms with Crippen molar-refractivity contribution in [3.8, 4) is 17.2 Å². The molecule has 0 saturated carbocycles. The van der Waals surface area contributed by atoms with Crippen molar-refractivity contribution >= 4 is 22.3 Å². The number of fused-ring (bicyclic) bond motifs is 2. The zero-order valence-electron chi connectivity index (χ0n) is 43.0. The summed E-state index contributed by atoms with van der Waals surface area (Å²) in [5.41, 5.74) is -1.31. The number of Topliss-reactive ketones (excluding diaryl/α,β-unsaturated/α-hetero) is 2. The van der Waals surface area contributed by atoms with Gasteiger partial charge in [0.05, 0.1) is 77.6 Å². The minimum atomic E-state index is -1.72. The minimum Gasteiger partial charge on any atom is -0.507 e. The molecule has 5 fully saturated rings. The smallest absolute Gasteiger partial charge is 0.202 e. The molecule has 10 N–H and O–H groups in total. The van der Waals surface area contributed by atoms with Crippen molar-refractivity contribution in [3.05, 3.63) is 28.8 Å². The standard InChI is InChI=1S/C51H74O23/c1-18-29(70-34-14-30(43(57)21(4)66-34)71-33-13-28(53)42(56)20(3)65-33)12-26-10-25-11-27(48(64-9)41(55)19(2)52)49(47(61)39(25)46(60)38(26)40(18)54)74-36-16-31(44(58)23(6)68-36)72-35-15-32(45(59)22(5)67-35)73-37-17-51(8,63)50(62)24(7)69-37/h10,12,20-24,27-28,30-37,41-45,48-50,53-60,62-63H,11,13-17H2,1-9H3/t20?,21?,22?,23?,24?,27-,28+,30+,31+,32+,33-,34-,35-,36-,37-,41-,42+,43+,44+,45-,48-,49-,50+,51-/m0/s1. The fourth-order valence-corrected chi connectivity index (χ4v) is 11.2. The summed E-state index contributed by atoms with van der Waals surface area (Å²) in [5, 5.41) is 110. The van der Waals surface area contributed by atoms with E-state index in [2.05, 4.69) is 0 Å². The molecule has 6 aliphatic rings. The molecule has 74 heavy (non-hydrogen) atoms. The molecular weight excluding hydrogens is 981 g/mol. The molecule has 1 aliphatic carbocycles. The van der Waals surface area contributed by atoms with E-state index < -0.39 is 170 Å². The van der Waals surface area contributed by atoms with Crippen LogP contribution in [0.1, 0.15) is 102 Å². The molecule has 23 heteroatoms. The fourth-order valence-electron chi connectivity index (χ4n) is 11.2. The summed E-state index contributed by atoms with van der Waals surface area (Å²) in [7, 11) is 1.26. The number of phenols is 2. The van der Waals surface area contributed by atoms with Crippen LogP contribution in [-0.4, -0.2) is 211 Å². The molecule has 2 aromatic rings. The number of hydrogen-bond donors (Lipinski definition) is 10. The van der Waals surface area contributed by atoms with Crippen molar-refractivity contribution in [2.45, 2.75) is 235 Å². The number of phenolic OH excluding ortho intramolecular Hbond substituents is 2. The highest BCUT2D eigenvalue weighted by molar-refractivity contribution is 6.11. The number of aromatic hydroxyl groups is 2. The zero-order chi connectivity index (χ0) is 54.0. The summed E-state index contributed by atoms with van der Waals surface area (Å²) in [6.45, 7) is 12.1. The van der Waals surface area contributed by atoms with Gasteiger partial charge < -0.3 is 103 Å². The zero-order valence-corrected chi connectivity index (χ0v) is 43.0. The molecule has 0 bridgehead atoms. The number of aliphatic hydroxyl groups is 8. The molecule has 0 amide bonds. The largest absolute Gasteiger partial charge is 0.507 e. The van der Waals surface area contributed by atoms with E-state index >= 15 is 0 Å². The predicted octanol–water partition coefficient (Wildman–Crippen LogP) is 0.390. The lowest BCUT2D eigenvalue weighted by atomic mass is 9.75. The van der Waals surface area contributed by atoms with Crippen LogP contribution in [0.3, 0.4) is 0 Å². The molecule has 416 valence electrons. The number of benzene rings is 2. The van der Waals surface area contributed by atoms with E-state index in [9.17, 15) is 60.7 Å². The van der Waals surface area contributed by atoms with Crippen molar-refractivity contribution in [3.63, 3.8) is 0 Å². The lowest BCUT2D eigenvalue weighted by Crippen LogP contribution is -2.58. The predicted molar refractivity (Wildman–Crippen MR) is 253 cm³/mol. The van der Waals surface area contributed by atoms with Crippen LogP contribution >= 0.6 is 0 Å². The summed E-state index contributed by atoms with van der Waals surface area (Å²) in [6, 6.07) is 3.11. The molecule has 0 aromatic heterocycles. The Kier molecular flexibility index (Phi) is 17.4. The number of rotatable bonds is 14. The van der Waals surface area contributed by atoms with Gasteiger partial charge in [0.25, 0.3) is 0 Å². The van der Waals surface area contributed by atoms with Crippen LogP contribution in [0.5, 0.6) is 17.2 Å². The second-order valence-corrected chi connectivity index (χ2v) is 21.2. The van der Waals surface area contributed by atoms with Crippen LogP contribution in [0.25, 0.3) is 10.8 Å². The maximum atomic E-state index is 14.9. The van der Waals surface area contributed by atoms with Crippen LogP contribution in [0.15, 0.2) is 12.1 Å². The summed E-state index contributed by atoms with van der Waals surface area (Å²) in [5.74, 6) is -3.42. The van der Waals surface area contributed by atoms with Crippen LogP contribution in [0, 0.1) is 12.8 Å². The van der Waals surface area contributed by atoms with E-state index in [1.807, 2.05) is 0 Å². The molecule has 5 aliphatic heterocycles. The Morgan fingerprint density at radius 3 is 1.70 bits per heavy atom. The molecule has 5 saturated heterocycles. The van der Waals surface area contributed by atoms with Gasteiger partial charge in [-0.05, 0) is 84.9 Å². The van der Waals surface area contributed by atoms with Crippen LogP contribution in [-0.2, 0) is 58.6 Å². The third-order valence-corrected chi connectivity index (χ3v) is 15.6. The SMILES string of the molecule is CO[C@@H]([C@@H]1Cc2cc3cc(O[C@H]4C[C@@H](O[C@H]5C[C@@H](O)[C@H](O)C(C)O5)[C@H](O)C(C)O4)c(C)c(O)c3c(O)c2C(=O)[C@H]1O[C@H]1C[C@@H](O[C@H]2C[C@@H](O[C@H]3C[C@](C)(O)[C@H](O)C(C)O3)[C@@H](O)C(C)O2)[C@H](O)C(C)O1)[C@@H](O)C(C)=O. The molecule has 5 unspecified atom stereocenters. The summed E-state index contributed by atoms with van der Waals surface area (Å²) >= 11 is 0. The van der Waals surface area contributed by atoms with Gasteiger partial charge in [-0.2, -0.15) is 0 Å². The number of hydrogen-bond acceptors (Lipinski definition) is 23. The highest BCUT2D eigenvalue weighted by Gasteiger charge is 2.51. The van der Waals surface area contributed by atoms with Gasteiger partial charge in [-0.15, -0.1) is 0 Å². The average molecular weight is 1060 g/mol. The Morgan fingerprint density at radius 1 is 0.689 bits per heavy atom. The van der Waals surface area contributed by atoms with Gasteiger partial charge in [-0.3, -0.25) is 9.59 Å². The van der Waals surface area contributed by atoms with Crippen LogP contribution < -0.4 is 4.74 Å². The second kappa shape index (κ2) is 22.6. The maximum Gasteiger partial charge on any atom is 0.202 e. The van der Waals surface area contributed by atoms with E-state index in [0.717, 1.165) is 6.92 Å². The van der Waals surface area contributed by atoms with Gasteiger partial charge in [-0.1, -0.05) is 0 Å². The summed E-state index contributed by atoms with van der Waals surface area (Å²) in [4.78, 5) is 27.7. The normalized spacial score (nSPS) is 42.9. The number of ether oxygens (including phenoxy) is 11. The Hall–Kier alpha value is -3.28. The quantitative estimate of drug-likeness (QED) is 0.122. The van der Waals surface area contributed by atoms with Gasteiger partial charge in [0.2, 0.25) is 6.29 Å². The van der Waals surface area contributed by atoms with Gasteiger partial charge in [0.15, 0.2) is 36.7 Å². The van der Waals surface area contributed by atoms with E-state index in [1.165, 1.54) is 27.0 Å². The fraction of sp³-hybridized carbons (Fsp3) is 0.765. The average Bonchev–Trinajstić information content (AvgIpc) is 3.32. The van der Waals surface area contributed by atoms with Gasteiger partial charge in [0.1, 0.15) is 60.0 Å². The maximum absolute atomic E-state index is 14.9.